The minimum atomic E-state index is -0.835. The molecule has 0 spiro atoms. The first-order valence-corrected chi connectivity index (χ1v) is 13.3. The fourth-order valence-electron chi connectivity index (χ4n) is 3.49. The second kappa shape index (κ2) is 10.2. The summed E-state index contributed by atoms with van der Waals surface area (Å²) in [6, 6.07) is 14.2. The van der Waals surface area contributed by atoms with Crippen molar-refractivity contribution in [2.45, 2.75) is 36.3 Å². The first-order chi connectivity index (χ1) is 14.8. The number of methoxy groups -OCH3 is 1. The Balaban J connectivity index is 1.75. The molecule has 1 fully saturated rings. The highest BCUT2D eigenvalue weighted by atomic mass is 32.3. The van der Waals surface area contributed by atoms with Gasteiger partial charge in [-0.1, -0.05) is 12.1 Å². The van der Waals surface area contributed by atoms with Crippen molar-refractivity contribution in [1.82, 2.24) is 5.32 Å². The summed E-state index contributed by atoms with van der Waals surface area (Å²) in [5, 5.41) is 5.83. The Labute approximate surface area is 186 Å². The molecule has 0 saturated carbocycles. The van der Waals surface area contributed by atoms with Crippen molar-refractivity contribution >= 4 is 27.5 Å². The zero-order chi connectivity index (χ0) is 22.4. The molecule has 1 aliphatic heterocycles. The maximum atomic E-state index is 13.1. The van der Waals surface area contributed by atoms with Gasteiger partial charge in [0, 0.05) is 12.3 Å². The molecule has 0 aliphatic carbocycles. The zero-order valence-electron chi connectivity index (χ0n) is 18.6. The van der Waals surface area contributed by atoms with Crippen LogP contribution in [0.15, 0.2) is 53.4 Å². The fourth-order valence-corrected chi connectivity index (χ4v) is 4.44. The van der Waals surface area contributed by atoms with Crippen molar-refractivity contribution in [3.8, 4) is 5.75 Å². The normalized spacial score (nSPS) is 17.6. The lowest BCUT2D eigenvalue weighted by atomic mass is 10.0. The van der Waals surface area contributed by atoms with E-state index in [0.717, 1.165) is 12.8 Å². The molecular formula is C24H32N2O4S. The van der Waals surface area contributed by atoms with Crippen LogP contribution in [0, 0.1) is 0 Å². The Bertz CT molecular complexity index is 885. The molecule has 0 radical (unpaired) electrons. The van der Waals surface area contributed by atoms with Crippen LogP contribution in [0.4, 0.5) is 5.69 Å². The highest BCUT2D eigenvalue weighted by Crippen LogP contribution is 2.45. The molecule has 0 aromatic heterocycles. The second-order valence-electron chi connectivity index (χ2n) is 8.46. The molecule has 2 unspecified atom stereocenters. The molecule has 2 amide bonds. The van der Waals surface area contributed by atoms with Gasteiger partial charge in [-0.3, -0.25) is 9.59 Å². The Morgan fingerprint density at radius 3 is 2.32 bits per heavy atom. The highest BCUT2D eigenvalue weighted by Gasteiger charge is 2.26. The quantitative estimate of drug-likeness (QED) is 0.642. The average molecular weight is 445 g/mol. The smallest absolute Gasteiger partial charge is 0.251 e. The van der Waals surface area contributed by atoms with E-state index in [0.29, 0.717) is 23.6 Å². The van der Waals surface area contributed by atoms with Crippen molar-refractivity contribution < 1.29 is 19.1 Å². The monoisotopic (exact) mass is 444 g/mol. The van der Waals surface area contributed by atoms with Gasteiger partial charge in [-0.2, -0.15) is 0 Å². The summed E-state index contributed by atoms with van der Waals surface area (Å²) in [5.41, 5.74) is 1.39. The minimum absolute atomic E-state index is 0.0768. The van der Waals surface area contributed by atoms with Crippen LogP contribution in [-0.4, -0.2) is 50.4 Å². The summed E-state index contributed by atoms with van der Waals surface area (Å²) >= 11 is 0. The van der Waals surface area contributed by atoms with E-state index < -0.39 is 16.1 Å². The predicted octanol–water partition coefficient (Wildman–Crippen LogP) is 4.11. The van der Waals surface area contributed by atoms with E-state index in [2.05, 4.69) is 29.4 Å². The van der Waals surface area contributed by atoms with Crippen LogP contribution in [0.25, 0.3) is 0 Å². The number of rotatable bonds is 8. The van der Waals surface area contributed by atoms with Crippen LogP contribution in [-0.2, 0) is 14.3 Å². The number of anilines is 1. The van der Waals surface area contributed by atoms with Crippen LogP contribution < -0.4 is 15.4 Å². The van der Waals surface area contributed by atoms with Crippen LogP contribution in [0.5, 0.6) is 5.75 Å². The van der Waals surface area contributed by atoms with E-state index in [4.69, 9.17) is 9.47 Å². The third-order valence-corrected chi connectivity index (χ3v) is 6.97. The van der Waals surface area contributed by atoms with Gasteiger partial charge >= 0.3 is 0 Å². The van der Waals surface area contributed by atoms with Gasteiger partial charge in [-0.05, 0) is 78.5 Å². The summed E-state index contributed by atoms with van der Waals surface area (Å²) in [5.74, 6) is 0.199. The number of nitrogens with one attached hydrogen (secondary N) is 2. The first-order valence-electron chi connectivity index (χ1n) is 10.4. The Kier molecular flexibility index (Phi) is 7.62. The van der Waals surface area contributed by atoms with Crippen LogP contribution in [0.1, 0.15) is 30.9 Å². The lowest BCUT2D eigenvalue weighted by Gasteiger charge is -2.26. The molecule has 31 heavy (non-hydrogen) atoms. The minimum Gasteiger partial charge on any atom is -0.497 e. The summed E-state index contributed by atoms with van der Waals surface area (Å²) in [7, 11) is 0.754. The number of benzene rings is 2. The predicted molar refractivity (Wildman–Crippen MR) is 126 cm³/mol. The first kappa shape index (κ1) is 23.2. The van der Waals surface area contributed by atoms with E-state index in [1.807, 2.05) is 24.3 Å². The second-order valence-corrected chi connectivity index (χ2v) is 12.6. The lowest BCUT2D eigenvalue weighted by Crippen LogP contribution is -2.38. The summed E-state index contributed by atoms with van der Waals surface area (Å²) in [6.45, 7) is 0.687. The number of hydrogen-bond acceptors (Lipinski definition) is 4. The van der Waals surface area contributed by atoms with Crippen molar-refractivity contribution in [1.29, 1.82) is 0 Å². The van der Waals surface area contributed by atoms with Crippen LogP contribution in [0.2, 0.25) is 0 Å². The molecular weight excluding hydrogens is 412 g/mol. The number of amides is 2. The van der Waals surface area contributed by atoms with Gasteiger partial charge in [0.2, 0.25) is 5.91 Å². The number of hydrogen-bond donors (Lipinski definition) is 2. The van der Waals surface area contributed by atoms with E-state index in [-0.39, 0.29) is 24.3 Å². The van der Waals surface area contributed by atoms with Crippen LogP contribution >= 0.6 is 10.0 Å². The highest BCUT2D eigenvalue weighted by molar-refractivity contribution is 8.32. The van der Waals surface area contributed by atoms with E-state index in [1.165, 1.54) is 4.90 Å². The van der Waals surface area contributed by atoms with Gasteiger partial charge in [0.25, 0.3) is 5.91 Å². The van der Waals surface area contributed by atoms with Gasteiger partial charge < -0.3 is 20.1 Å². The summed E-state index contributed by atoms with van der Waals surface area (Å²) in [6.07, 6.45) is 8.69. The molecule has 1 heterocycles. The molecule has 1 saturated heterocycles. The maximum absolute atomic E-state index is 13.1. The molecule has 3 rings (SSSR count). The number of carbonyl (C=O) groups is 2. The Morgan fingerprint density at radius 2 is 1.77 bits per heavy atom. The zero-order valence-corrected chi connectivity index (χ0v) is 19.5. The van der Waals surface area contributed by atoms with Crippen molar-refractivity contribution in [3.63, 3.8) is 0 Å². The van der Waals surface area contributed by atoms with Crippen LogP contribution in [0.3, 0.4) is 0 Å². The molecule has 6 nitrogen and oxygen atoms in total. The number of carbonyl (C=O) groups excluding carboxylic acids is 2. The van der Waals surface area contributed by atoms with Crippen molar-refractivity contribution in [2.75, 3.05) is 37.8 Å². The molecule has 2 N–H and O–H groups in total. The standard InChI is InChI=1S/C24H32N2O4S/c1-29-19-11-7-17(8-12-19)23(26-22(27)16-20-6-5-15-30-20)24(28)25-18-9-13-21(14-10-18)31(2,3)4/h7-14,20,23H,5-6,15-16H2,1-4H3,(H,25,28)(H,26,27). The van der Waals surface area contributed by atoms with E-state index in [9.17, 15) is 9.59 Å². The van der Waals surface area contributed by atoms with Gasteiger partial charge in [-0.25, -0.2) is 10.0 Å². The number of ether oxygens (including phenoxy) is 2. The third-order valence-electron chi connectivity index (χ3n) is 5.28. The SMILES string of the molecule is COc1ccc(C(NC(=O)CC2CCCO2)C(=O)Nc2ccc(S(C)(C)C)cc2)cc1. The van der Waals surface area contributed by atoms with Crippen molar-refractivity contribution in [2.24, 2.45) is 0 Å². The molecule has 168 valence electrons. The molecule has 2 atom stereocenters. The molecule has 1 aliphatic rings. The van der Waals surface area contributed by atoms with Crippen molar-refractivity contribution in [3.05, 3.63) is 54.1 Å². The van der Waals surface area contributed by atoms with E-state index in [1.54, 1.807) is 31.4 Å². The largest absolute Gasteiger partial charge is 0.497 e. The Hall–Kier alpha value is -2.51. The molecule has 2 aromatic carbocycles. The molecule has 7 heteroatoms. The van der Waals surface area contributed by atoms with Gasteiger partial charge in [0.15, 0.2) is 0 Å². The molecule has 0 bridgehead atoms. The molecule has 2 aromatic rings. The van der Waals surface area contributed by atoms with Gasteiger partial charge in [0.1, 0.15) is 11.8 Å². The third kappa shape index (κ3) is 6.48. The topological polar surface area (TPSA) is 76.7 Å². The van der Waals surface area contributed by atoms with Gasteiger partial charge in [0.05, 0.1) is 19.6 Å². The van der Waals surface area contributed by atoms with E-state index >= 15 is 0 Å². The fraction of sp³-hybridized carbons (Fsp3) is 0.417. The average Bonchev–Trinajstić information content (AvgIpc) is 3.25. The summed E-state index contributed by atoms with van der Waals surface area (Å²) < 4.78 is 10.8. The van der Waals surface area contributed by atoms with Gasteiger partial charge in [-0.15, -0.1) is 0 Å². The maximum Gasteiger partial charge on any atom is 0.251 e. The lowest BCUT2D eigenvalue weighted by molar-refractivity contribution is -0.128. The summed E-state index contributed by atoms with van der Waals surface area (Å²) in [4.78, 5) is 27.0. The Morgan fingerprint density at radius 1 is 1.10 bits per heavy atom.